The first-order chi connectivity index (χ1) is 31.0. The number of allylic oxidation sites excluding steroid dienone is 8. The third-order valence-corrected chi connectivity index (χ3v) is 12.4. The van der Waals surface area contributed by atoms with Gasteiger partial charge in [0.25, 0.3) is 0 Å². The van der Waals surface area contributed by atoms with Gasteiger partial charge in [0, 0.05) is 12.8 Å². The van der Waals surface area contributed by atoms with E-state index in [9.17, 15) is 19.8 Å². The molecule has 3 N–H and O–H groups in total. The molecule has 0 radical (unpaired) electrons. The summed E-state index contributed by atoms with van der Waals surface area (Å²) in [5.74, 6) is -0.147. The van der Waals surface area contributed by atoms with Crippen LogP contribution in [0.1, 0.15) is 277 Å². The summed E-state index contributed by atoms with van der Waals surface area (Å²) in [6.45, 7) is 4.86. The Balaban J connectivity index is 3.56. The van der Waals surface area contributed by atoms with E-state index < -0.39 is 12.1 Å². The van der Waals surface area contributed by atoms with Crippen molar-refractivity contribution in [2.24, 2.45) is 0 Å². The normalized spacial score (nSPS) is 13.0. The average molecular weight is 884 g/mol. The summed E-state index contributed by atoms with van der Waals surface area (Å²) in [6, 6.07) is -0.587. The van der Waals surface area contributed by atoms with Crippen molar-refractivity contribution in [3.63, 3.8) is 0 Å². The molecule has 0 aromatic heterocycles. The molecule has 0 aromatic rings. The minimum absolute atomic E-state index is 0.0313. The molecule has 63 heavy (non-hydrogen) atoms. The third-order valence-electron chi connectivity index (χ3n) is 12.4. The summed E-state index contributed by atoms with van der Waals surface area (Å²) in [4.78, 5) is 24.5. The predicted octanol–water partition coefficient (Wildman–Crippen LogP) is 16.6. The van der Waals surface area contributed by atoms with Crippen molar-refractivity contribution in [2.45, 2.75) is 289 Å². The van der Waals surface area contributed by atoms with Gasteiger partial charge in [0.05, 0.1) is 25.4 Å². The molecule has 0 spiro atoms. The van der Waals surface area contributed by atoms with E-state index in [-0.39, 0.29) is 18.5 Å². The monoisotopic (exact) mass is 884 g/mol. The van der Waals surface area contributed by atoms with Crippen molar-refractivity contribution in [1.29, 1.82) is 0 Å². The lowest BCUT2D eigenvalue weighted by atomic mass is 10.0. The second-order valence-corrected chi connectivity index (χ2v) is 18.6. The Morgan fingerprint density at radius 1 is 0.444 bits per heavy atom. The maximum absolute atomic E-state index is 12.4. The van der Waals surface area contributed by atoms with Gasteiger partial charge in [-0.15, -0.1) is 0 Å². The summed E-state index contributed by atoms with van der Waals surface area (Å²) in [5, 5.41) is 23.2. The number of hydrogen-bond acceptors (Lipinski definition) is 5. The number of carbonyl (C=O) groups is 2. The van der Waals surface area contributed by atoms with Crippen molar-refractivity contribution in [3.8, 4) is 0 Å². The number of esters is 1. The molecule has 6 heteroatoms. The molecule has 0 aliphatic carbocycles. The third kappa shape index (κ3) is 49.1. The first kappa shape index (κ1) is 60.8. The lowest BCUT2D eigenvalue weighted by Crippen LogP contribution is -2.45. The second kappa shape index (κ2) is 52.4. The highest BCUT2D eigenvalue weighted by atomic mass is 16.5. The summed E-state index contributed by atoms with van der Waals surface area (Å²) < 4.78 is 5.45. The zero-order chi connectivity index (χ0) is 45.8. The summed E-state index contributed by atoms with van der Waals surface area (Å²) >= 11 is 0. The van der Waals surface area contributed by atoms with Crippen LogP contribution >= 0.6 is 0 Å². The average Bonchev–Trinajstić information content (AvgIpc) is 3.28. The van der Waals surface area contributed by atoms with Gasteiger partial charge >= 0.3 is 5.97 Å². The number of carbonyl (C=O) groups excluding carboxylic acids is 2. The van der Waals surface area contributed by atoms with Gasteiger partial charge in [-0.05, 0) is 77.0 Å². The van der Waals surface area contributed by atoms with Gasteiger partial charge in [-0.1, -0.05) is 236 Å². The Kier molecular flexibility index (Phi) is 50.6. The SMILES string of the molecule is CCCCC/C=C\C/C=C\CCCCCCCC(=O)OCCCCCCCC/C=C\C/C=C\CCC(=O)NC(CO)C(O)CCCCCCCCCCCCCCCCCCCC. The molecular weight excluding hydrogens is 779 g/mol. The first-order valence-corrected chi connectivity index (χ1v) is 27.4. The Morgan fingerprint density at radius 3 is 1.27 bits per heavy atom. The lowest BCUT2D eigenvalue weighted by Gasteiger charge is -2.22. The highest BCUT2D eigenvalue weighted by Gasteiger charge is 2.19. The smallest absolute Gasteiger partial charge is 0.305 e. The van der Waals surface area contributed by atoms with E-state index in [0.29, 0.717) is 32.3 Å². The Labute approximate surface area is 391 Å². The molecule has 0 rings (SSSR count). The fourth-order valence-electron chi connectivity index (χ4n) is 8.13. The van der Waals surface area contributed by atoms with Crippen LogP contribution in [0.3, 0.4) is 0 Å². The molecule has 6 nitrogen and oxygen atoms in total. The van der Waals surface area contributed by atoms with E-state index in [1.54, 1.807) is 0 Å². The van der Waals surface area contributed by atoms with Crippen LogP contribution in [0.15, 0.2) is 48.6 Å². The van der Waals surface area contributed by atoms with Crippen LogP contribution in [-0.4, -0.2) is 47.4 Å². The molecule has 0 aliphatic rings. The fourth-order valence-corrected chi connectivity index (χ4v) is 8.13. The molecule has 0 heterocycles. The van der Waals surface area contributed by atoms with E-state index >= 15 is 0 Å². The van der Waals surface area contributed by atoms with Gasteiger partial charge in [-0.25, -0.2) is 0 Å². The molecular formula is C57H105NO5. The Bertz CT molecular complexity index is 1070. The van der Waals surface area contributed by atoms with Gasteiger partial charge in [-0.3, -0.25) is 9.59 Å². The number of amides is 1. The highest BCUT2D eigenvalue weighted by Crippen LogP contribution is 2.16. The molecule has 0 aromatic carbocycles. The first-order valence-electron chi connectivity index (χ1n) is 27.4. The van der Waals surface area contributed by atoms with Gasteiger partial charge in [0.15, 0.2) is 0 Å². The number of ether oxygens (including phenoxy) is 1. The number of unbranched alkanes of at least 4 members (excludes halogenated alkanes) is 31. The van der Waals surface area contributed by atoms with E-state index in [1.165, 1.54) is 173 Å². The molecule has 0 saturated heterocycles. The number of aliphatic hydroxyl groups is 2. The lowest BCUT2D eigenvalue weighted by molar-refractivity contribution is -0.143. The van der Waals surface area contributed by atoms with E-state index in [1.807, 2.05) is 6.08 Å². The Hall–Kier alpha value is -2.18. The largest absolute Gasteiger partial charge is 0.466 e. The van der Waals surface area contributed by atoms with E-state index in [0.717, 1.165) is 64.2 Å². The molecule has 0 aliphatic heterocycles. The van der Waals surface area contributed by atoms with Gasteiger partial charge < -0.3 is 20.3 Å². The van der Waals surface area contributed by atoms with Gasteiger partial charge in [0.2, 0.25) is 5.91 Å². The second-order valence-electron chi connectivity index (χ2n) is 18.6. The number of aliphatic hydroxyl groups excluding tert-OH is 2. The highest BCUT2D eigenvalue weighted by molar-refractivity contribution is 5.76. The number of nitrogens with one attached hydrogen (secondary N) is 1. The maximum atomic E-state index is 12.4. The minimum Gasteiger partial charge on any atom is -0.466 e. The van der Waals surface area contributed by atoms with Crippen LogP contribution in [-0.2, 0) is 14.3 Å². The molecule has 368 valence electrons. The molecule has 0 fully saturated rings. The summed E-state index contributed by atoms with van der Waals surface area (Å²) in [7, 11) is 0. The van der Waals surface area contributed by atoms with Gasteiger partial charge in [0.1, 0.15) is 0 Å². The molecule has 2 atom stereocenters. The molecule has 1 amide bonds. The van der Waals surface area contributed by atoms with Crippen LogP contribution in [0.25, 0.3) is 0 Å². The number of rotatable bonds is 50. The van der Waals surface area contributed by atoms with Crippen molar-refractivity contribution in [1.82, 2.24) is 5.32 Å². The van der Waals surface area contributed by atoms with Gasteiger partial charge in [-0.2, -0.15) is 0 Å². The standard InChI is InChI=1S/C57H105NO5/c1-3-5-7-9-11-13-15-17-19-20-21-23-25-29-33-37-41-45-49-55(60)54(53-59)58-56(61)50-46-42-38-34-30-26-24-28-32-36-40-44-48-52-63-57(62)51-47-43-39-35-31-27-22-18-16-14-12-10-8-6-4-2/h12,14,18,22,26,30,38,42,54-55,59-60H,3-11,13,15-17,19-21,23-25,27-29,31-37,39-41,43-53H2,1-2H3,(H,58,61)/b14-12-,22-18-,30-26-,42-38-. The summed E-state index contributed by atoms with van der Waals surface area (Å²) in [5.41, 5.74) is 0. The predicted molar refractivity (Wildman–Crippen MR) is 273 cm³/mol. The van der Waals surface area contributed by atoms with E-state index in [2.05, 4.69) is 61.7 Å². The van der Waals surface area contributed by atoms with Crippen LogP contribution < -0.4 is 5.32 Å². The van der Waals surface area contributed by atoms with Crippen LogP contribution in [0.4, 0.5) is 0 Å². The quantitative estimate of drug-likeness (QED) is 0.0321. The molecule has 2 unspecified atom stereocenters. The van der Waals surface area contributed by atoms with Crippen molar-refractivity contribution in [2.75, 3.05) is 13.2 Å². The van der Waals surface area contributed by atoms with Crippen LogP contribution in [0.2, 0.25) is 0 Å². The minimum atomic E-state index is -0.701. The molecule has 0 saturated carbocycles. The zero-order valence-corrected chi connectivity index (χ0v) is 41.8. The maximum Gasteiger partial charge on any atom is 0.305 e. The topological polar surface area (TPSA) is 95.9 Å². The van der Waals surface area contributed by atoms with Crippen molar-refractivity contribution >= 4 is 11.9 Å². The van der Waals surface area contributed by atoms with Crippen LogP contribution in [0.5, 0.6) is 0 Å². The fraction of sp³-hybridized carbons (Fsp3) is 0.825. The van der Waals surface area contributed by atoms with Crippen molar-refractivity contribution in [3.05, 3.63) is 48.6 Å². The number of hydrogen-bond donors (Lipinski definition) is 3. The summed E-state index contributed by atoms with van der Waals surface area (Å²) in [6.07, 6.45) is 65.3. The zero-order valence-electron chi connectivity index (χ0n) is 41.8. The molecule has 0 bridgehead atoms. The van der Waals surface area contributed by atoms with Crippen LogP contribution in [0, 0.1) is 0 Å². The van der Waals surface area contributed by atoms with E-state index in [4.69, 9.17) is 4.74 Å². The van der Waals surface area contributed by atoms with Crippen molar-refractivity contribution < 1.29 is 24.5 Å². The Morgan fingerprint density at radius 2 is 0.810 bits per heavy atom.